The van der Waals surface area contributed by atoms with Gasteiger partial charge in [-0.2, -0.15) is 0 Å². The molecule has 1 saturated carbocycles. The molecule has 1 unspecified atom stereocenters. The van der Waals surface area contributed by atoms with E-state index in [2.05, 4.69) is 51.2 Å². The van der Waals surface area contributed by atoms with Gasteiger partial charge in [-0.3, -0.25) is 0 Å². The minimum absolute atomic E-state index is 0.155. The minimum Gasteiger partial charge on any atom is -0.388 e. The first-order valence-corrected chi connectivity index (χ1v) is 9.07. The lowest BCUT2D eigenvalue weighted by Crippen LogP contribution is -2.51. The molecule has 2 nitrogen and oxygen atoms in total. The van der Waals surface area contributed by atoms with Crippen LogP contribution in [0.3, 0.4) is 0 Å². The summed E-state index contributed by atoms with van der Waals surface area (Å²) in [6.07, 6.45) is 8.06. The van der Waals surface area contributed by atoms with Crippen molar-refractivity contribution in [2.24, 2.45) is 5.92 Å². The highest BCUT2D eigenvalue weighted by Crippen LogP contribution is 2.37. The van der Waals surface area contributed by atoms with E-state index in [1.165, 1.54) is 48.9 Å². The number of rotatable bonds is 6. The fraction of sp³-hybridized carbons (Fsp3) is 0.700. The number of aliphatic hydroxyl groups is 1. The van der Waals surface area contributed by atoms with Crippen LogP contribution in [0, 0.1) is 19.8 Å². The first kappa shape index (κ1) is 17.3. The third-order valence-electron chi connectivity index (χ3n) is 5.71. The monoisotopic (exact) mass is 303 g/mol. The van der Waals surface area contributed by atoms with Crippen molar-refractivity contribution in [3.05, 3.63) is 29.3 Å². The highest BCUT2D eigenvalue weighted by Gasteiger charge is 2.39. The van der Waals surface area contributed by atoms with E-state index in [1.807, 2.05) is 0 Å². The molecule has 0 aromatic heterocycles. The molecule has 0 amide bonds. The Morgan fingerprint density at radius 3 is 2.14 bits per heavy atom. The van der Waals surface area contributed by atoms with Gasteiger partial charge in [0.25, 0.3) is 0 Å². The van der Waals surface area contributed by atoms with Gasteiger partial charge in [-0.25, -0.2) is 0 Å². The topological polar surface area (TPSA) is 32.3 Å². The van der Waals surface area contributed by atoms with Gasteiger partial charge in [0.05, 0.1) is 11.6 Å². The van der Waals surface area contributed by atoms with Crippen LogP contribution in [0.2, 0.25) is 0 Å². The number of anilines is 1. The van der Waals surface area contributed by atoms with Gasteiger partial charge in [-0.15, -0.1) is 0 Å². The largest absolute Gasteiger partial charge is 0.388 e. The van der Waals surface area contributed by atoms with Crippen molar-refractivity contribution in [2.75, 3.05) is 5.32 Å². The van der Waals surface area contributed by atoms with Crippen LogP contribution < -0.4 is 5.32 Å². The molecule has 124 valence electrons. The van der Waals surface area contributed by atoms with Gasteiger partial charge in [0.15, 0.2) is 0 Å². The SMILES string of the molecule is CCC(O)(CC)C(Nc1c(C)cccc1C)C1CCCCC1. The highest BCUT2D eigenvalue weighted by atomic mass is 16.3. The van der Waals surface area contributed by atoms with Crippen molar-refractivity contribution in [3.8, 4) is 0 Å². The lowest BCUT2D eigenvalue weighted by atomic mass is 9.74. The summed E-state index contributed by atoms with van der Waals surface area (Å²) in [6, 6.07) is 6.58. The molecule has 0 radical (unpaired) electrons. The van der Waals surface area contributed by atoms with Gasteiger partial charge >= 0.3 is 0 Å². The second-order valence-electron chi connectivity index (χ2n) is 7.10. The zero-order chi connectivity index (χ0) is 16.2. The van der Waals surface area contributed by atoms with Crippen LogP contribution >= 0.6 is 0 Å². The molecule has 0 spiro atoms. The van der Waals surface area contributed by atoms with Crippen molar-refractivity contribution in [2.45, 2.75) is 84.3 Å². The van der Waals surface area contributed by atoms with Crippen molar-refractivity contribution in [1.82, 2.24) is 0 Å². The fourth-order valence-electron chi connectivity index (χ4n) is 4.05. The molecule has 0 saturated heterocycles. The normalized spacial score (nSPS) is 18.2. The maximum absolute atomic E-state index is 11.2. The summed E-state index contributed by atoms with van der Waals surface area (Å²) in [4.78, 5) is 0. The van der Waals surface area contributed by atoms with E-state index in [0.29, 0.717) is 5.92 Å². The van der Waals surface area contributed by atoms with Crippen LogP contribution in [0.1, 0.15) is 69.9 Å². The predicted octanol–water partition coefficient (Wildman–Crippen LogP) is 5.22. The van der Waals surface area contributed by atoms with Gasteiger partial charge in [-0.1, -0.05) is 51.3 Å². The summed E-state index contributed by atoms with van der Waals surface area (Å²) >= 11 is 0. The smallest absolute Gasteiger partial charge is 0.0845 e. The zero-order valence-electron chi connectivity index (χ0n) is 14.8. The molecule has 0 bridgehead atoms. The Bertz CT molecular complexity index is 452. The molecule has 1 aliphatic rings. The number of nitrogens with one attached hydrogen (secondary N) is 1. The van der Waals surface area contributed by atoms with Gasteiger partial charge < -0.3 is 10.4 Å². The molecule has 2 heteroatoms. The Balaban J connectivity index is 2.31. The van der Waals surface area contributed by atoms with Crippen LogP contribution in [-0.4, -0.2) is 16.7 Å². The summed E-state index contributed by atoms with van der Waals surface area (Å²) in [6.45, 7) is 8.55. The van der Waals surface area contributed by atoms with Crippen molar-refractivity contribution in [3.63, 3.8) is 0 Å². The average molecular weight is 303 g/mol. The van der Waals surface area contributed by atoms with Crippen LogP contribution in [0.4, 0.5) is 5.69 Å². The van der Waals surface area contributed by atoms with Gasteiger partial charge in [0.1, 0.15) is 0 Å². The maximum Gasteiger partial charge on any atom is 0.0845 e. The molecule has 0 aliphatic heterocycles. The number of hydrogen-bond acceptors (Lipinski definition) is 2. The van der Waals surface area contributed by atoms with Crippen molar-refractivity contribution >= 4 is 5.69 Å². The van der Waals surface area contributed by atoms with Gasteiger partial charge in [0, 0.05) is 5.69 Å². The molecule has 1 atom stereocenters. The quantitative estimate of drug-likeness (QED) is 0.755. The third-order valence-corrected chi connectivity index (χ3v) is 5.71. The van der Waals surface area contributed by atoms with Crippen LogP contribution in [-0.2, 0) is 0 Å². The van der Waals surface area contributed by atoms with E-state index in [0.717, 1.165) is 12.8 Å². The molecule has 1 aliphatic carbocycles. The zero-order valence-corrected chi connectivity index (χ0v) is 14.8. The molecule has 22 heavy (non-hydrogen) atoms. The molecular formula is C20H33NO. The molecule has 0 heterocycles. The number of para-hydroxylation sites is 1. The van der Waals surface area contributed by atoms with Crippen molar-refractivity contribution < 1.29 is 5.11 Å². The summed E-state index contributed by atoms with van der Waals surface area (Å²) in [5.74, 6) is 0.581. The summed E-state index contributed by atoms with van der Waals surface area (Å²) in [7, 11) is 0. The molecule has 2 N–H and O–H groups in total. The number of aryl methyl sites for hydroxylation is 2. The Hall–Kier alpha value is -1.02. The highest BCUT2D eigenvalue weighted by molar-refractivity contribution is 5.57. The lowest BCUT2D eigenvalue weighted by Gasteiger charge is -2.43. The second kappa shape index (κ2) is 7.50. The third kappa shape index (κ3) is 3.65. The maximum atomic E-state index is 11.2. The summed E-state index contributed by atoms with van der Waals surface area (Å²) in [5.41, 5.74) is 3.15. The first-order valence-electron chi connectivity index (χ1n) is 9.07. The Kier molecular flexibility index (Phi) is 5.91. The average Bonchev–Trinajstić information content (AvgIpc) is 2.55. The number of hydrogen-bond donors (Lipinski definition) is 2. The van der Waals surface area contributed by atoms with Gasteiger partial charge in [-0.05, 0) is 56.6 Å². The van der Waals surface area contributed by atoms with Gasteiger partial charge in [0.2, 0.25) is 0 Å². The van der Waals surface area contributed by atoms with Crippen LogP contribution in [0.5, 0.6) is 0 Å². The molecular weight excluding hydrogens is 270 g/mol. The first-order chi connectivity index (χ1) is 10.5. The summed E-state index contributed by atoms with van der Waals surface area (Å²) in [5, 5.41) is 15.0. The number of benzene rings is 1. The standard InChI is InChI=1S/C20H33NO/c1-5-20(22,6-2)19(17-13-8-7-9-14-17)21-18-15(3)11-10-12-16(18)4/h10-12,17,19,21-22H,5-9,13-14H2,1-4H3. The Morgan fingerprint density at radius 1 is 1.09 bits per heavy atom. The molecule has 1 aromatic rings. The predicted molar refractivity (Wildman–Crippen MR) is 95.4 cm³/mol. The van der Waals surface area contributed by atoms with Crippen LogP contribution in [0.15, 0.2) is 18.2 Å². The minimum atomic E-state index is -0.614. The van der Waals surface area contributed by atoms with E-state index in [9.17, 15) is 5.11 Å². The molecule has 2 rings (SSSR count). The van der Waals surface area contributed by atoms with E-state index in [4.69, 9.17) is 0 Å². The fourth-order valence-corrected chi connectivity index (χ4v) is 4.05. The Morgan fingerprint density at radius 2 is 1.64 bits per heavy atom. The van der Waals surface area contributed by atoms with Crippen molar-refractivity contribution in [1.29, 1.82) is 0 Å². The van der Waals surface area contributed by atoms with E-state index in [-0.39, 0.29) is 6.04 Å². The molecule has 1 fully saturated rings. The van der Waals surface area contributed by atoms with E-state index >= 15 is 0 Å². The lowest BCUT2D eigenvalue weighted by molar-refractivity contribution is -0.0100. The molecule has 1 aromatic carbocycles. The van der Waals surface area contributed by atoms with Crippen LogP contribution in [0.25, 0.3) is 0 Å². The Labute approximate surface area is 136 Å². The van der Waals surface area contributed by atoms with E-state index < -0.39 is 5.60 Å². The second-order valence-corrected chi connectivity index (χ2v) is 7.10. The van der Waals surface area contributed by atoms with E-state index in [1.54, 1.807) is 0 Å². The summed E-state index contributed by atoms with van der Waals surface area (Å²) < 4.78 is 0.